The van der Waals surface area contributed by atoms with E-state index in [1.165, 1.54) is 10.4 Å². The molecule has 1 aromatic rings. The van der Waals surface area contributed by atoms with Crippen LogP contribution < -0.4 is 5.32 Å². The highest BCUT2D eigenvalue weighted by molar-refractivity contribution is 7.10. The molecule has 4 heteroatoms. The van der Waals surface area contributed by atoms with E-state index in [4.69, 9.17) is 5.11 Å². The van der Waals surface area contributed by atoms with Gasteiger partial charge in [0.25, 0.3) is 0 Å². The van der Waals surface area contributed by atoms with Crippen LogP contribution in [-0.2, 0) is 11.2 Å². The van der Waals surface area contributed by atoms with Crippen molar-refractivity contribution >= 4 is 17.3 Å². The first kappa shape index (κ1) is 13.2. The highest BCUT2D eigenvalue weighted by atomic mass is 32.1. The van der Waals surface area contributed by atoms with Crippen LogP contribution in [0, 0.1) is 12.3 Å². The van der Waals surface area contributed by atoms with E-state index in [9.17, 15) is 4.79 Å². The van der Waals surface area contributed by atoms with Gasteiger partial charge in [0.1, 0.15) is 0 Å². The molecule has 0 spiro atoms. The number of rotatable bonds is 6. The highest BCUT2D eigenvalue weighted by Crippen LogP contribution is 2.16. The van der Waals surface area contributed by atoms with E-state index in [1.54, 1.807) is 25.2 Å². The quantitative estimate of drug-likeness (QED) is 0.751. The molecular formula is C12H19NO2S. The summed E-state index contributed by atoms with van der Waals surface area (Å²) >= 11 is 1.76. The van der Waals surface area contributed by atoms with E-state index in [-0.39, 0.29) is 0 Å². The lowest BCUT2D eigenvalue weighted by Gasteiger charge is -2.19. The zero-order valence-corrected chi connectivity index (χ0v) is 10.9. The summed E-state index contributed by atoms with van der Waals surface area (Å²) in [6.07, 6.45) is 0.971. The van der Waals surface area contributed by atoms with E-state index >= 15 is 0 Å². The zero-order chi connectivity index (χ0) is 12.2. The molecule has 0 aliphatic heterocycles. The summed E-state index contributed by atoms with van der Waals surface area (Å²) in [5, 5.41) is 14.2. The number of carboxylic acids is 1. The molecule has 0 fully saturated rings. The predicted octanol–water partition coefficient (Wildman–Crippen LogP) is 2.30. The fourth-order valence-corrected chi connectivity index (χ4v) is 2.25. The van der Waals surface area contributed by atoms with Crippen LogP contribution in [0.25, 0.3) is 0 Å². The monoisotopic (exact) mass is 241 g/mol. The second kappa shape index (κ2) is 5.46. The lowest BCUT2D eigenvalue weighted by Crippen LogP contribution is -2.36. The third-order valence-electron chi connectivity index (χ3n) is 2.64. The summed E-state index contributed by atoms with van der Waals surface area (Å²) in [7, 11) is 0. The van der Waals surface area contributed by atoms with Crippen LogP contribution in [0.4, 0.5) is 0 Å². The first-order chi connectivity index (χ1) is 7.43. The highest BCUT2D eigenvalue weighted by Gasteiger charge is 2.26. The molecule has 2 N–H and O–H groups in total. The SMILES string of the molecule is Cc1ccsc1CCNCC(C)(C)C(=O)O. The average molecular weight is 241 g/mol. The molecule has 0 unspecified atom stereocenters. The minimum absolute atomic E-state index is 0.507. The maximum absolute atomic E-state index is 10.9. The van der Waals surface area contributed by atoms with Crippen molar-refractivity contribution in [3.63, 3.8) is 0 Å². The molecule has 1 rings (SSSR count). The molecule has 3 nitrogen and oxygen atoms in total. The number of aryl methyl sites for hydroxylation is 1. The summed E-state index contributed by atoms with van der Waals surface area (Å²) < 4.78 is 0. The van der Waals surface area contributed by atoms with E-state index in [1.807, 2.05) is 0 Å². The fraction of sp³-hybridized carbons (Fsp3) is 0.583. The number of hydrogen-bond acceptors (Lipinski definition) is 3. The van der Waals surface area contributed by atoms with Gasteiger partial charge in [0.15, 0.2) is 0 Å². The summed E-state index contributed by atoms with van der Waals surface area (Å²) in [6.45, 7) is 6.91. The Labute approximate surface area is 100 Å². The Morgan fingerprint density at radius 3 is 2.75 bits per heavy atom. The summed E-state index contributed by atoms with van der Waals surface area (Å²) in [5.41, 5.74) is 0.633. The number of carboxylic acid groups (broad SMARTS) is 1. The van der Waals surface area contributed by atoms with Gasteiger partial charge in [-0.1, -0.05) is 0 Å². The maximum atomic E-state index is 10.9. The molecule has 0 saturated carbocycles. The lowest BCUT2D eigenvalue weighted by molar-refractivity contribution is -0.146. The fourth-order valence-electron chi connectivity index (χ4n) is 1.34. The first-order valence-corrected chi connectivity index (χ1v) is 6.28. The van der Waals surface area contributed by atoms with Gasteiger partial charge in [0, 0.05) is 18.0 Å². The van der Waals surface area contributed by atoms with Crippen LogP contribution in [0.3, 0.4) is 0 Å². The van der Waals surface area contributed by atoms with Gasteiger partial charge in [-0.05, 0) is 44.2 Å². The third kappa shape index (κ3) is 3.61. The first-order valence-electron chi connectivity index (χ1n) is 5.40. The Morgan fingerprint density at radius 2 is 2.25 bits per heavy atom. The number of hydrogen-bond donors (Lipinski definition) is 2. The summed E-state index contributed by atoms with van der Waals surface area (Å²) in [5.74, 6) is -0.757. The molecule has 0 radical (unpaired) electrons. The van der Waals surface area contributed by atoms with E-state index < -0.39 is 11.4 Å². The summed E-state index contributed by atoms with van der Waals surface area (Å²) in [6, 6.07) is 2.11. The third-order valence-corrected chi connectivity index (χ3v) is 3.73. The second-order valence-corrected chi connectivity index (χ2v) is 5.64. The van der Waals surface area contributed by atoms with E-state index in [0.717, 1.165) is 13.0 Å². The lowest BCUT2D eigenvalue weighted by atomic mass is 9.94. The molecule has 0 bridgehead atoms. The van der Waals surface area contributed by atoms with Crippen molar-refractivity contribution in [3.05, 3.63) is 21.9 Å². The molecule has 0 aliphatic rings. The number of nitrogens with one attached hydrogen (secondary N) is 1. The van der Waals surface area contributed by atoms with Gasteiger partial charge in [0.05, 0.1) is 5.41 Å². The Kier molecular flexibility index (Phi) is 4.50. The molecule has 0 atom stereocenters. The second-order valence-electron chi connectivity index (χ2n) is 4.64. The molecular weight excluding hydrogens is 222 g/mol. The maximum Gasteiger partial charge on any atom is 0.310 e. The minimum atomic E-state index is -0.757. The standard InChI is InChI=1S/C12H19NO2S/c1-9-5-7-16-10(9)4-6-13-8-12(2,3)11(14)15/h5,7,13H,4,6,8H2,1-3H3,(H,14,15). The molecule has 0 amide bonds. The van der Waals surface area contributed by atoms with Gasteiger partial charge in [-0.2, -0.15) is 0 Å². The predicted molar refractivity (Wildman–Crippen MR) is 67.0 cm³/mol. The van der Waals surface area contributed by atoms with E-state index in [0.29, 0.717) is 6.54 Å². The van der Waals surface area contributed by atoms with Gasteiger partial charge in [-0.3, -0.25) is 4.79 Å². The molecule has 0 aromatic carbocycles. The van der Waals surface area contributed by atoms with Crippen molar-refractivity contribution in [2.24, 2.45) is 5.41 Å². The molecule has 90 valence electrons. The average Bonchev–Trinajstić information content (AvgIpc) is 2.59. The normalized spacial score (nSPS) is 11.7. The Bertz CT molecular complexity index is 358. The molecule has 1 aromatic heterocycles. The molecule has 0 saturated heterocycles. The topological polar surface area (TPSA) is 49.3 Å². The van der Waals surface area contributed by atoms with Crippen molar-refractivity contribution in [1.29, 1.82) is 0 Å². The van der Waals surface area contributed by atoms with Crippen LogP contribution in [0.2, 0.25) is 0 Å². The number of carbonyl (C=O) groups is 1. The Balaban J connectivity index is 2.27. The van der Waals surface area contributed by atoms with Gasteiger partial charge < -0.3 is 10.4 Å². The molecule has 0 aliphatic carbocycles. The molecule has 1 heterocycles. The number of thiophene rings is 1. The Morgan fingerprint density at radius 1 is 1.56 bits per heavy atom. The van der Waals surface area contributed by atoms with Gasteiger partial charge in [-0.15, -0.1) is 11.3 Å². The van der Waals surface area contributed by atoms with Crippen molar-refractivity contribution in [2.75, 3.05) is 13.1 Å². The van der Waals surface area contributed by atoms with Crippen molar-refractivity contribution < 1.29 is 9.90 Å². The largest absolute Gasteiger partial charge is 0.481 e. The van der Waals surface area contributed by atoms with Gasteiger partial charge in [0.2, 0.25) is 0 Å². The minimum Gasteiger partial charge on any atom is -0.481 e. The zero-order valence-electron chi connectivity index (χ0n) is 10.0. The van der Waals surface area contributed by atoms with Crippen LogP contribution in [0.15, 0.2) is 11.4 Å². The summed E-state index contributed by atoms with van der Waals surface area (Å²) in [4.78, 5) is 12.2. The van der Waals surface area contributed by atoms with Crippen molar-refractivity contribution in [2.45, 2.75) is 27.2 Å². The van der Waals surface area contributed by atoms with E-state index in [2.05, 4.69) is 23.7 Å². The number of aliphatic carboxylic acids is 1. The van der Waals surface area contributed by atoms with Crippen LogP contribution in [-0.4, -0.2) is 24.2 Å². The van der Waals surface area contributed by atoms with Crippen molar-refractivity contribution in [3.8, 4) is 0 Å². The smallest absolute Gasteiger partial charge is 0.310 e. The van der Waals surface area contributed by atoms with Crippen molar-refractivity contribution in [1.82, 2.24) is 5.32 Å². The van der Waals surface area contributed by atoms with Crippen LogP contribution >= 0.6 is 11.3 Å². The van der Waals surface area contributed by atoms with Gasteiger partial charge >= 0.3 is 5.97 Å². The molecule has 16 heavy (non-hydrogen) atoms. The van der Waals surface area contributed by atoms with Crippen LogP contribution in [0.5, 0.6) is 0 Å². The Hall–Kier alpha value is -0.870. The van der Waals surface area contributed by atoms with Gasteiger partial charge in [-0.25, -0.2) is 0 Å². The van der Waals surface area contributed by atoms with Crippen LogP contribution in [0.1, 0.15) is 24.3 Å².